The van der Waals surface area contributed by atoms with E-state index in [1.165, 1.54) is 13.2 Å². The van der Waals surface area contributed by atoms with Crippen molar-refractivity contribution >= 4 is 22.6 Å². The molecule has 0 radical (unpaired) electrons. The molecule has 0 amide bonds. The molecule has 3 N–H and O–H groups in total. The van der Waals surface area contributed by atoms with Gasteiger partial charge >= 0.3 is 5.97 Å². The van der Waals surface area contributed by atoms with Crippen molar-refractivity contribution in [3.8, 4) is 0 Å². The number of H-pyrrole nitrogens is 1. The average Bonchev–Trinajstić information content (AvgIpc) is 3.09. The van der Waals surface area contributed by atoms with E-state index in [9.17, 15) is 14.9 Å². The number of hydrogen-bond acceptors (Lipinski definition) is 5. The van der Waals surface area contributed by atoms with Gasteiger partial charge in [0.05, 0.1) is 12.0 Å². The fourth-order valence-electron chi connectivity index (χ4n) is 2.03. The van der Waals surface area contributed by atoms with Gasteiger partial charge in [-0.05, 0) is 18.2 Å². The van der Waals surface area contributed by atoms with E-state index in [2.05, 4.69) is 9.72 Å². The standard InChI is InChI=1S/C8H6N2O2.C8H11N2O2/c11-10(12)7-1-2-8-6(5-7)3-4-9-8;1-12-8(11)7-3-2-4-10(5-7)6-9/h1-5,9H;2-5H,6,9H2,1H3/q;+1. The van der Waals surface area contributed by atoms with Gasteiger partial charge in [-0.25, -0.2) is 4.79 Å². The maximum atomic E-state index is 11.0. The van der Waals surface area contributed by atoms with Gasteiger partial charge in [0.25, 0.3) is 5.69 Å². The molecule has 2 aromatic heterocycles. The summed E-state index contributed by atoms with van der Waals surface area (Å²) in [5.74, 6) is -0.349. The zero-order valence-corrected chi connectivity index (χ0v) is 13.0. The average molecular weight is 329 g/mol. The Morgan fingerprint density at radius 2 is 2.17 bits per heavy atom. The molecular weight excluding hydrogens is 312 g/mol. The third kappa shape index (κ3) is 4.14. The van der Waals surface area contributed by atoms with Crippen molar-refractivity contribution in [2.24, 2.45) is 5.73 Å². The maximum Gasteiger partial charge on any atom is 0.343 e. The Bertz CT molecular complexity index is 860. The number of aromatic nitrogens is 2. The second-order valence-corrected chi connectivity index (χ2v) is 4.79. The topological polar surface area (TPSA) is 115 Å². The first-order chi connectivity index (χ1) is 11.5. The molecule has 0 saturated heterocycles. The van der Waals surface area contributed by atoms with Crippen molar-refractivity contribution in [1.29, 1.82) is 0 Å². The fraction of sp³-hybridized carbons (Fsp3) is 0.125. The molecule has 0 aliphatic rings. The van der Waals surface area contributed by atoms with Gasteiger partial charge in [0, 0.05) is 35.3 Å². The molecular formula is C16H17N4O4+. The lowest BCUT2D eigenvalue weighted by Gasteiger charge is -1.96. The first-order valence-corrected chi connectivity index (χ1v) is 7.04. The first kappa shape index (κ1) is 17.1. The lowest BCUT2D eigenvalue weighted by Crippen LogP contribution is -2.38. The minimum atomic E-state index is -0.396. The number of pyridine rings is 1. The van der Waals surface area contributed by atoms with Crippen LogP contribution in [-0.4, -0.2) is 23.0 Å². The Kier molecular flexibility index (Phi) is 5.58. The number of nitro groups is 1. The van der Waals surface area contributed by atoms with Crippen molar-refractivity contribution in [3.05, 3.63) is 70.7 Å². The van der Waals surface area contributed by atoms with Crippen LogP contribution < -0.4 is 10.3 Å². The van der Waals surface area contributed by atoms with Crippen molar-refractivity contribution in [1.82, 2.24) is 4.98 Å². The number of hydrogen-bond donors (Lipinski definition) is 2. The number of nitrogens with two attached hydrogens (primary N) is 1. The molecule has 0 saturated carbocycles. The van der Waals surface area contributed by atoms with Crippen LogP contribution in [0.15, 0.2) is 55.0 Å². The molecule has 0 unspecified atom stereocenters. The number of non-ortho nitro benzene ring substituents is 1. The number of aromatic amines is 1. The normalized spacial score (nSPS) is 9.92. The molecule has 3 aromatic rings. The molecule has 0 aliphatic heterocycles. The highest BCUT2D eigenvalue weighted by Gasteiger charge is 2.08. The van der Waals surface area contributed by atoms with Crippen LogP contribution in [0.5, 0.6) is 0 Å². The first-order valence-electron chi connectivity index (χ1n) is 7.04. The quantitative estimate of drug-likeness (QED) is 0.329. The number of carbonyl (C=O) groups is 1. The molecule has 124 valence electrons. The van der Waals surface area contributed by atoms with E-state index in [-0.39, 0.29) is 11.7 Å². The number of fused-ring (bicyclic) bond motifs is 1. The van der Waals surface area contributed by atoms with Crippen LogP contribution in [0.25, 0.3) is 10.9 Å². The van der Waals surface area contributed by atoms with Crippen LogP contribution in [0.2, 0.25) is 0 Å². The van der Waals surface area contributed by atoms with E-state index in [0.717, 1.165) is 10.9 Å². The SMILES string of the molecule is COC(=O)c1ccc[n+](CN)c1.O=[N+]([O-])c1ccc2[nH]ccc2c1. The largest absolute Gasteiger partial charge is 0.465 e. The number of nitrogens with zero attached hydrogens (tertiary/aromatic N) is 2. The predicted molar refractivity (Wildman–Crippen MR) is 87.1 cm³/mol. The second kappa shape index (κ2) is 7.84. The third-order valence-electron chi connectivity index (χ3n) is 3.24. The minimum Gasteiger partial charge on any atom is -0.465 e. The van der Waals surface area contributed by atoms with Crippen LogP contribution in [-0.2, 0) is 11.4 Å². The van der Waals surface area contributed by atoms with Gasteiger partial charge in [-0.15, -0.1) is 0 Å². The zero-order chi connectivity index (χ0) is 17.5. The van der Waals surface area contributed by atoms with E-state index >= 15 is 0 Å². The number of carbonyl (C=O) groups excluding carboxylic acids is 1. The Morgan fingerprint density at radius 3 is 2.83 bits per heavy atom. The molecule has 0 fully saturated rings. The van der Waals surface area contributed by atoms with Gasteiger partial charge in [0.15, 0.2) is 19.1 Å². The van der Waals surface area contributed by atoms with Gasteiger partial charge in [0.1, 0.15) is 5.56 Å². The molecule has 2 heterocycles. The molecule has 0 spiro atoms. The van der Waals surface area contributed by atoms with Crippen LogP contribution in [0.1, 0.15) is 10.4 Å². The van der Waals surface area contributed by atoms with Crippen molar-refractivity contribution < 1.29 is 19.0 Å². The number of ether oxygens (including phenoxy) is 1. The van der Waals surface area contributed by atoms with Crippen molar-refractivity contribution in [3.63, 3.8) is 0 Å². The molecule has 8 heteroatoms. The molecule has 24 heavy (non-hydrogen) atoms. The highest BCUT2D eigenvalue weighted by molar-refractivity contribution is 5.88. The molecule has 0 bridgehead atoms. The predicted octanol–water partition coefficient (Wildman–Crippen LogP) is 1.75. The number of methoxy groups -OCH3 is 1. The number of esters is 1. The number of benzene rings is 1. The summed E-state index contributed by atoms with van der Waals surface area (Å²) in [5, 5.41) is 11.2. The summed E-state index contributed by atoms with van der Waals surface area (Å²) in [6, 6.07) is 9.97. The van der Waals surface area contributed by atoms with E-state index < -0.39 is 4.92 Å². The van der Waals surface area contributed by atoms with E-state index in [1.807, 2.05) is 6.07 Å². The monoisotopic (exact) mass is 329 g/mol. The lowest BCUT2D eigenvalue weighted by molar-refractivity contribution is -0.696. The second-order valence-electron chi connectivity index (χ2n) is 4.79. The molecule has 0 aliphatic carbocycles. The lowest BCUT2D eigenvalue weighted by atomic mass is 10.2. The fourth-order valence-corrected chi connectivity index (χ4v) is 2.03. The summed E-state index contributed by atoms with van der Waals surface area (Å²) < 4.78 is 6.24. The van der Waals surface area contributed by atoms with E-state index in [1.54, 1.807) is 47.4 Å². The van der Waals surface area contributed by atoms with Gasteiger partial charge in [-0.2, -0.15) is 4.57 Å². The Hall–Kier alpha value is -3.26. The summed E-state index contributed by atoms with van der Waals surface area (Å²) in [5.41, 5.74) is 6.92. The highest BCUT2D eigenvalue weighted by Crippen LogP contribution is 2.18. The third-order valence-corrected chi connectivity index (χ3v) is 3.24. The zero-order valence-electron chi connectivity index (χ0n) is 13.0. The van der Waals surface area contributed by atoms with E-state index in [0.29, 0.717) is 12.2 Å². The molecule has 3 rings (SSSR count). The summed E-state index contributed by atoms with van der Waals surface area (Å²) in [6.07, 6.45) is 5.19. The van der Waals surface area contributed by atoms with Crippen molar-refractivity contribution in [2.75, 3.05) is 7.11 Å². The highest BCUT2D eigenvalue weighted by atomic mass is 16.6. The van der Waals surface area contributed by atoms with Crippen LogP contribution in [0.4, 0.5) is 5.69 Å². The smallest absolute Gasteiger partial charge is 0.343 e. The van der Waals surface area contributed by atoms with Crippen LogP contribution >= 0.6 is 0 Å². The van der Waals surface area contributed by atoms with Gasteiger partial charge in [-0.3, -0.25) is 15.8 Å². The maximum absolute atomic E-state index is 11.0. The summed E-state index contributed by atoms with van der Waals surface area (Å²) in [7, 11) is 1.35. The number of rotatable bonds is 3. The number of nitro benzene ring substituents is 1. The van der Waals surface area contributed by atoms with Crippen molar-refractivity contribution in [2.45, 2.75) is 6.67 Å². The Balaban J connectivity index is 0.000000174. The van der Waals surface area contributed by atoms with E-state index in [4.69, 9.17) is 5.73 Å². The van der Waals surface area contributed by atoms with Crippen LogP contribution in [0.3, 0.4) is 0 Å². The molecule has 0 atom stereocenters. The Morgan fingerprint density at radius 1 is 1.38 bits per heavy atom. The molecule has 8 nitrogen and oxygen atoms in total. The van der Waals surface area contributed by atoms with Gasteiger partial charge < -0.3 is 9.72 Å². The summed E-state index contributed by atoms with van der Waals surface area (Å²) in [4.78, 5) is 23.9. The summed E-state index contributed by atoms with van der Waals surface area (Å²) in [6.45, 7) is 0.352. The van der Waals surface area contributed by atoms with Gasteiger partial charge in [0.2, 0.25) is 0 Å². The summed E-state index contributed by atoms with van der Waals surface area (Å²) >= 11 is 0. The Labute approximate surface area is 137 Å². The minimum absolute atomic E-state index is 0.127. The van der Waals surface area contributed by atoms with Gasteiger partial charge in [-0.1, -0.05) is 0 Å². The van der Waals surface area contributed by atoms with Crippen LogP contribution in [0, 0.1) is 10.1 Å². The number of nitrogens with one attached hydrogen (secondary N) is 1. The molecule has 1 aromatic carbocycles.